The molecule has 12 heavy (non-hydrogen) atoms. The van der Waals surface area contributed by atoms with Crippen molar-refractivity contribution in [1.29, 1.82) is 0 Å². The van der Waals surface area contributed by atoms with Gasteiger partial charge in [-0.2, -0.15) is 0 Å². The molecule has 1 aliphatic rings. The minimum Gasteiger partial charge on any atom is -0.0628 e. The maximum absolute atomic E-state index is 2.39. The van der Waals surface area contributed by atoms with Crippen molar-refractivity contribution in [1.82, 2.24) is 0 Å². The van der Waals surface area contributed by atoms with E-state index in [9.17, 15) is 0 Å². The fraction of sp³-hybridized carbons (Fsp3) is 1.00. The quantitative estimate of drug-likeness (QED) is 0.579. The summed E-state index contributed by atoms with van der Waals surface area (Å²) >= 11 is 0. The molecule has 0 amide bonds. The van der Waals surface area contributed by atoms with Crippen LogP contribution in [0.15, 0.2) is 0 Å². The Morgan fingerprint density at radius 1 is 1.00 bits per heavy atom. The predicted molar refractivity (Wildman–Crippen MR) is 55.1 cm³/mol. The van der Waals surface area contributed by atoms with E-state index < -0.39 is 0 Å². The third-order valence-electron chi connectivity index (χ3n) is 3.16. The molecule has 1 atom stereocenters. The van der Waals surface area contributed by atoms with Gasteiger partial charge in [-0.25, -0.2) is 0 Å². The van der Waals surface area contributed by atoms with E-state index in [1.807, 2.05) is 0 Å². The molecular weight excluding hydrogens is 144 g/mol. The molecule has 1 saturated carbocycles. The minimum absolute atomic E-state index is 0.894. The summed E-state index contributed by atoms with van der Waals surface area (Å²) in [4.78, 5) is 0. The molecule has 0 heterocycles. The highest BCUT2D eigenvalue weighted by atomic mass is 14.4. The third-order valence-corrected chi connectivity index (χ3v) is 3.16. The Morgan fingerprint density at radius 3 is 1.92 bits per heavy atom. The fourth-order valence-electron chi connectivity index (χ4n) is 2.16. The molecule has 1 rings (SSSR count). The zero-order valence-corrected chi connectivity index (χ0v) is 9.14. The van der Waals surface area contributed by atoms with Crippen LogP contribution >= 0.6 is 0 Å². The Bertz CT molecular complexity index is 118. The Morgan fingerprint density at radius 2 is 1.58 bits per heavy atom. The molecule has 0 unspecified atom stereocenters. The molecule has 0 aromatic carbocycles. The highest BCUT2D eigenvalue weighted by Crippen LogP contribution is 2.43. The molecule has 1 aliphatic carbocycles. The van der Waals surface area contributed by atoms with Crippen molar-refractivity contribution in [2.45, 2.75) is 53.4 Å². The molecule has 0 saturated heterocycles. The van der Waals surface area contributed by atoms with Crippen molar-refractivity contribution in [3.63, 3.8) is 0 Å². The first-order valence-electron chi connectivity index (χ1n) is 5.61. The molecule has 0 bridgehead atoms. The van der Waals surface area contributed by atoms with E-state index in [-0.39, 0.29) is 0 Å². The van der Waals surface area contributed by atoms with Crippen molar-refractivity contribution in [2.75, 3.05) is 0 Å². The van der Waals surface area contributed by atoms with Gasteiger partial charge in [-0.15, -0.1) is 0 Å². The molecule has 0 N–H and O–H groups in total. The van der Waals surface area contributed by atoms with Crippen molar-refractivity contribution in [3.05, 3.63) is 0 Å². The van der Waals surface area contributed by atoms with Gasteiger partial charge in [0, 0.05) is 0 Å². The standard InChI is InChI=1S/C12H24/c1-9(2)5-8-12(10(3)4)11-6-7-11/h9-12H,5-8H2,1-4H3/t12-/m1/s1. The van der Waals surface area contributed by atoms with Crippen LogP contribution in [0, 0.1) is 23.7 Å². The molecule has 0 aromatic rings. The summed E-state index contributed by atoms with van der Waals surface area (Å²) in [5.41, 5.74) is 0. The second-order valence-electron chi connectivity index (χ2n) is 5.22. The van der Waals surface area contributed by atoms with Crippen molar-refractivity contribution in [3.8, 4) is 0 Å². The Hall–Kier alpha value is 0. The summed E-state index contributed by atoms with van der Waals surface area (Å²) in [6, 6.07) is 0. The first-order valence-corrected chi connectivity index (χ1v) is 5.61. The molecule has 0 nitrogen and oxygen atoms in total. The van der Waals surface area contributed by atoms with Crippen molar-refractivity contribution in [2.24, 2.45) is 23.7 Å². The minimum atomic E-state index is 0.894. The Balaban J connectivity index is 2.23. The van der Waals surface area contributed by atoms with Gasteiger partial charge in [0.05, 0.1) is 0 Å². The van der Waals surface area contributed by atoms with Crippen LogP contribution < -0.4 is 0 Å². The summed E-state index contributed by atoms with van der Waals surface area (Å²) in [5, 5.41) is 0. The van der Waals surface area contributed by atoms with Crippen LogP contribution in [0.1, 0.15) is 53.4 Å². The number of rotatable bonds is 5. The van der Waals surface area contributed by atoms with Gasteiger partial charge in [0.25, 0.3) is 0 Å². The third kappa shape index (κ3) is 3.16. The maximum atomic E-state index is 2.39. The lowest BCUT2D eigenvalue weighted by atomic mass is 9.85. The van der Waals surface area contributed by atoms with Gasteiger partial charge >= 0.3 is 0 Å². The molecule has 72 valence electrons. The van der Waals surface area contributed by atoms with Crippen LogP contribution in [0.4, 0.5) is 0 Å². The molecule has 0 radical (unpaired) electrons. The lowest BCUT2D eigenvalue weighted by Crippen LogP contribution is -2.11. The van der Waals surface area contributed by atoms with Crippen LogP contribution in [-0.2, 0) is 0 Å². The van der Waals surface area contributed by atoms with E-state index in [2.05, 4.69) is 27.7 Å². The second-order valence-corrected chi connectivity index (χ2v) is 5.22. The summed E-state index contributed by atoms with van der Waals surface area (Å²) in [7, 11) is 0. The highest BCUT2D eigenvalue weighted by molar-refractivity contribution is 4.83. The zero-order valence-electron chi connectivity index (χ0n) is 9.14. The van der Waals surface area contributed by atoms with Crippen molar-refractivity contribution < 1.29 is 0 Å². The maximum Gasteiger partial charge on any atom is -0.0363 e. The Kier molecular flexibility index (Phi) is 3.61. The number of hydrogen-bond donors (Lipinski definition) is 0. The largest absolute Gasteiger partial charge is 0.0628 e. The lowest BCUT2D eigenvalue weighted by molar-refractivity contribution is 0.295. The van der Waals surface area contributed by atoms with Crippen molar-refractivity contribution >= 4 is 0 Å². The monoisotopic (exact) mass is 168 g/mol. The first kappa shape index (κ1) is 10.1. The van der Waals surface area contributed by atoms with Gasteiger partial charge in [-0.05, 0) is 42.9 Å². The average molecular weight is 168 g/mol. The fourth-order valence-corrected chi connectivity index (χ4v) is 2.16. The van der Waals surface area contributed by atoms with E-state index in [4.69, 9.17) is 0 Å². The summed E-state index contributed by atoms with van der Waals surface area (Å²) in [6.07, 6.45) is 5.93. The predicted octanol–water partition coefficient (Wildman–Crippen LogP) is 4.10. The summed E-state index contributed by atoms with van der Waals surface area (Å²) in [5.74, 6) is 3.94. The van der Waals surface area contributed by atoms with Gasteiger partial charge in [-0.1, -0.05) is 34.1 Å². The van der Waals surface area contributed by atoms with Gasteiger partial charge in [0.2, 0.25) is 0 Å². The van der Waals surface area contributed by atoms with Crippen LogP contribution in [-0.4, -0.2) is 0 Å². The highest BCUT2D eigenvalue weighted by Gasteiger charge is 2.32. The normalized spacial score (nSPS) is 20.5. The molecule has 0 heteroatoms. The molecule has 0 aromatic heterocycles. The smallest absolute Gasteiger partial charge is 0.0363 e. The van der Waals surface area contributed by atoms with Gasteiger partial charge in [0.1, 0.15) is 0 Å². The first-order chi connectivity index (χ1) is 5.61. The molecule has 1 fully saturated rings. The van der Waals surface area contributed by atoms with Crippen LogP contribution in [0.25, 0.3) is 0 Å². The average Bonchev–Trinajstić information content (AvgIpc) is 2.69. The summed E-state index contributed by atoms with van der Waals surface area (Å²) < 4.78 is 0. The van der Waals surface area contributed by atoms with E-state index >= 15 is 0 Å². The SMILES string of the molecule is CC(C)CC[C@H](C(C)C)C1CC1. The number of hydrogen-bond acceptors (Lipinski definition) is 0. The van der Waals surface area contributed by atoms with E-state index in [0.717, 1.165) is 23.7 Å². The molecular formula is C12H24. The summed E-state index contributed by atoms with van der Waals surface area (Å²) in [6.45, 7) is 9.46. The van der Waals surface area contributed by atoms with E-state index in [0.29, 0.717) is 0 Å². The van der Waals surface area contributed by atoms with Gasteiger partial charge in [-0.3, -0.25) is 0 Å². The van der Waals surface area contributed by atoms with Crippen LogP contribution in [0.3, 0.4) is 0 Å². The topological polar surface area (TPSA) is 0 Å². The zero-order chi connectivity index (χ0) is 9.14. The van der Waals surface area contributed by atoms with E-state index in [1.54, 1.807) is 0 Å². The van der Waals surface area contributed by atoms with Crippen LogP contribution in [0.2, 0.25) is 0 Å². The van der Waals surface area contributed by atoms with Gasteiger partial charge in [0.15, 0.2) is 0 Å². The Labute approximate surface area is 77.7 Å². The molecule has 0 aliphatic heterocycles. The van der Waals surface area contributed by atoms with E-state index in [1.165, 1.54) is 25.7 Å². The lowest BCUT2D eigenvalue weighted by Gasteiger charge is -2.21. The van der Waals surface area contributed by atoms with Crippen LogP contribution in [0.5, 0.6) is 0 Å². The molecule has 0 spiro atoms. The second kappa shape index (κ2) is 4.30. The van der Waals surface area contributed by atoms with Gasteiger partial charge < -0.3 is 0 Å².